The summed E-state index contributed by atoms with van der Waals surface area (Å²) in [4.78, 5) is 0. The molecule has 0 radical (unpaired) electrons. The minimum atomic E-state index is 0.321. The maximum absolute atomic E-state index is 10.6. The minimum Gasteiger partial charge on any atom is -0.507 e. The van der Waals surface area contributed by atoms with Gasteiger partial charge in [-0.25, -0.2) is 0 Å². The van der Waals surface area contributed by atoms with Crippen LogP contribution in [0.1, 0.15) is 43.6 Å². The lowest BCUT2D eigenvalue weighted by Crippen LogP contribution is -1.89. The Kier molecular flexibility index (Phi) is 4.42. The number of rotatable bonds is 5. The number of aromatic hydroxyl groups is 1. The summed E-state index contributed by atoms with van der Waals surface area (Å²) in [6, 6.07) is 12.1. The van der Waals surface area contributed by atoms with Gasteiger partial charge in [0.25, 0.3) is 0 Å². The van der Waals surface area contributed by atoms with Crippen molar-refractivity contribution in [2.75, 3.05) is 0 Å². The summed E-state index contributed by atoms with van der Waals surface area (Å²) in [6.45, 7) is 6.30. The number of fused-ring (bicyclic) bond motifs is 1. The maximum Gasteiger partial charge on any atom is 0.146 e. The van der Waals surface area contributed by atoms with Crippen LogP contribution in [-0.2, 0) is 12.8 Å². The number of phenolic OH excluding ortho intramolecular Hbond substituents is 1. The van der Waals surface area contributed by atoms with Crippen LogP contribution in [0.4, 0.5) is 0 Å². The van der Waals surface area contributed by atoms with Gasteiger partial charge in [0.15, 0.2) is 0 Å². The van der Waals surface area contributed by atoms with Crippen LogP contribution >= 0.6 is 0 Å². The Hall–Kier alpha value is -2.22. The largest absolute Gasteiger partial charge is 0.507 e. The number of benzene rings is 2. The van der Waals surface area contributed by atoms with Crippen molar-refractivity contribution in [3.63, 3.8) is 0 Å². The van der Waals surface area contributed by atoms with Gasteiger partial charge in [0, 0.05) is 17.4 Å². The Balaban J connectivity index is 2.31. The molecule has 0 saturated carbocycles. The lowest BCUT2D eigenvalue weighted by molar-refractivity contribution is 0.471. The van der Waals surface area contributed by atoms with E-state index in [0.717, 1.165) is 52.7 Å². The quantitative estimate of drug-likeness (QED) is 0.625. The van der Waals surface area contributed by atoms with E-state index in [1.165, 1.54) is 12.0 Å². The van der Waals surface area contributed by atoms with Crippen molar-refractivity contribution >= 4 is 11.0 Å². The van der Waals surface area contributed by atoms with E-state index in [4.69, 9.17) is 4.42 Å². The van der Waals surface area contributed by atoms with Crippen LogP contribution in [0.25, 0.3) is 22.1 Å². The highest BCUT2D eigenvalue weighted by Gasteiger charge is 2.20. The van der Waals surface area contributed by atoms with Crippen LogP contribution in [-0.4, -0.2) is 5.11 Å². The first kappa shape index (κ1) is 15.7. The summed E-state index contributed by atoms with van der Waals surface area (Å²) < 4.78 is 6.21. The predicted octanol–water partition coefficient (Wildman–Crippen LogP) is 6.02. The smallest absolute Gasteiger partial charge is 0.146 e. The molecule has 0 aliphatic rings. The Bertz CT molecular complexity index is 813. The monoisotopic (exact) mass is 308 g/mol. The molecule has 0 atom stereocenters. The fraction of sp³-hybridized carbons (Fsp3) is 0.333. The van der Waals surface area contributed by atoms with E-state index < -0.39 is 0 Å². The zero-order valence-electron chi connectivity index (χ0n) is 14.1. The van der Waals surface area contributed by atoms with Gasteiger partial charge in [-0.3, -0.25) is 0 Å². The van der Waals surface area contributed by atoms with Gasteiger partial charge in [0.2, 0.25) is 0 Å². The lowest BCUT2D eigenvalue weighted by atomic mass is 9.96. The second-order valence-electron chi connectivity index (χ2n) is 6.12. The van der Waals surface area contributed by atoms with E-state index in [9.17, 15) is 5.11 Å². The van der Waals surface area contributed by atoms with Crippen molar-refractivity contribution in [1.82, 2.24) is 0 Å². The molecule has 1 heterocycles. The average Bonchev–Trinajstić information content (AvgIpc) is 2.92. The predicted molar refractivity (Wildman–Crippen MR) is 96.0 cm³/mol. The van der Waals surface area contributed by atoms with Gasteiger partial charge < -0.3 is 9.52 Å². The van der Waals surface area contributed by atoms with E-state index in [1.54, 1.807) is 0 Å². The first-order valence-electron chi connectivity index (χ1n) is 8.49. The third-order valence-corrected chi connectivity index (χ3v) is 4.49. The van der Waals surface area contributed by atoms with Crippen molar-refractivity contribution in [2.45, 2.75) is 46.5 Å². The SMILES string of the molecule is CCCCc1c(CC)oc2c(-c3ccccc3)c(O)c(C)cc12. The highest BCUT2D eigenvalue weighted by atomic mass is 16.3. The second-order valence-corrected chi connectivity index (χ2v) is 6.12. The zero-order chi connectivity index (χ0) is 16.4. The number of furan rings is 1. The molecule has 1 aromatic heterocycles. The number of unbranched alkanes of at least 4 members (excludes halogenated alkanes) is 1. The molecule has 0 aliphatic heterocycles. The molecule has 2 nitrogen and oxygen atoms in total. The van der Waals surface area contributed by atoms with E-state index in [1.807, 2.05) is 37.3 Å². The fourth-order valence-corrected chi connectivity index (χ4v) is 3.24. The van der Waals surface area contributed by atoms with E-state index in [0.29, 0.717) is 5.75 Å². The molecule has 0 fully saturated rings. The van der Waals surface area contributed by atoms with E-state index in [2.05, 4.69) is 19.9 Å². The summed E-state index contributed by atoms with van der Waals surface area (Å²) in [5.74, 6) is 1.37. The Morgan fingerprint density at radius 3 is 2.48 bits per heavy atom. The average molecular weight is 308 g/mol. The first-order valence-corrected chi connectivity index (χ1v) is 8.49. The Morgan fingerprint density at radius 1 is 1.09 bits per heavy atom. The molecule has 2 heteroatoms. The molecule has 0 amide bonds. The highest BCUT2D eigenvalue weighted by Crippen LogP contribution is 2.42. The molecule has 0 aliphatic carbocycles. The summed E-state index contributed by atoms with van der Waals surface area (Å²) in [5, 5.41) is 11.8. The van der Waals surface area contributed by atoms with Crippen molar-refractivity contribution in [3.05, 3.63) is 53.3 Å². The van der Waals surface area contributed by atoms with Gasteiger partial charge in [-0.1, -0.05) is 50.6 Å². The molecule has 2 aromatic carbocycles. The van der Waals surface area contributed by atoms with Gasteiger partial charge in [-0.2, -0.15) is 0 Å². The molecule has 120 valence electrons. The van der Waals surface area contributed by atoms with Crippen LogP contribution in [0.2, 0.25) is 0 Å². The third kappa shape index (κ3) is 2.74. The molecule has 0 spiro atoms. The van der Waals surface area contributed by atoms with Crippen molar-refractivity contribution < 1.29 is 9.52 Å². The number of hydrogen-bond acceptors (Lipinski definition) is 2. The maximum atomic E-state index is 10.6. The topological polar surface area (TPSA) is 33.4 Å². The van der Waals surface area contributed by atoms with E-state index >= 15 is 0 Å². The molecule has 0 bridgehead atoms. The molecule has 3 rings (SSSR count). The molecular formula is C21H24O2. The fourth-order valence-electron chi connectivity index (χ4n) is 3.24. The number of aryl methyl sites for hydroxylation is 3. The normalized spacial score (nSPS) is 11.3. The van der Waals surface area contributed by atoms with Crippen molar-refractivity contribution in [2.24, 2.45) is 0 Å². The van der Waals surface area contributed by atoms with Crippen molar-refractivity contribution in [1.29, 1.82) is 0 Å². The van der Waals surface area contributed by atoms with Gasteiger partial charge >= 0.3 is 0 Å². The first-order chi connectivity index (χ1) is 11.2. The highest BCUT2D eigenvalue weighted by molar-refractivity contribution is 5.99. The summed E-state index contributed by atoms with van der Waals surface area (Å²) >= 11 is 0. The van der Waals surface area contributed by atoms with Crippen LogP contribution in [0.5, 0.6) is 5.75 Å². The number of phenols is 1. The summed E-state index contributed by atoms with van der Waals surface area (Å²) in [6.07, 6.45) is 4.23. The second kappa shape index (κ2) is 6.49. The molecule has 23 heavy (non-hydrogen) atoms. The molecular weight excluding hydrogens is 284 g/mol. The Morgan fingerprint density at radius 2 is 1.83 bits per heavy atom. The molecule has 0 saturated heterocycles. The van der Waals surface area contributed by atoms with E-state index in [-0.39, 0.29) is 0 Å². The standard InChI is InChI=1S/C21H24O2/c1-4-6-12-16-17-13-14(3)20(22)19(15-10-8-7-9-11-15)21(17)23-18(16)5-2/h7-11,13,22H,4-6,12H2,1-3H3. The lowest BCUT2D eigenvalue weighted by Gasteiger charge is -2.09. The van der Waals surface area contributed by atoms with Crippen LogP contribution < -0.4 is 0 Å². The van der Waals surface area contributed by atoms with Gasteiger partial charge in [0.1, 0.15) is 17.1 Å². The molecule has 0 unspecified atom stereocenters. The zero-order valence-corrected chi connectivity index (χ0v) is 14.1. The van der Waals surface area contributed by atoms with Gasteiger partial charge in [-0.05, 0) is 37.0 Å². The molecule has 3 aromatic rings. The van der Waals surface area contributed by atoms with Crippen LogP contribution in [0, 0.1) is 6.92 Å². The van der Waals surface area contributed by atoms with Gasteiger partial charge in [-0.15, -0.1) is 0 Å². The van der Waals surface area contributed by atoms with Gasteiger partial charge in [0.05, 0.1) is 5.56 Å². The summed E-state index contributed by atoms with van der Waals surface area (Å²) in [5.41, 5.74) is 4.85. The number of hydrogen-bond donors (Lipinski definition) is 1. The molecule has 1 N–H and O–H groups in total. The Labute approximate surface area is 137 Å². The third-order valence-electron chi connectivity index (χ3n) is 4.49. The summed E-state index contributed by atoms with van der Waals surface area (Å²) in [7, 11) is 0. The van der Waals surface area contributed by atoms with Crippen LogP contribution in [0.3, 0.4) is 0 Å². The van der Waals surface area contributed by atoms with Crippen molar-refractivity contribution in [3.8, 4) is 16.9 Å². The van der Waals surface area contributed by atoms with Crippen LogP contribution in [0.15, 0.2) is 40.8 Å². The minimum absolute atomic E-state index is 0.321.